The minimum atomic E-state index is -0.260. The first-order chi connectivity index (χ1) is 11.7. The number of carbonyl (C=O) groups excluding carboxylic acids is 1. The van der Waals surface area contributed by atoms with Gasteiger partial charge in [-0.1, -0.05) is 12.1 Å². The third-order valence-corrected chi connectivity index (χ3v) is 4.35. The summed E-state index contributed by atoms with van der Waals surface area (Å²) in [7, 11) is 3.18. The molecular formula is C18H28N2O4. The van der Waals surface area contributed by atoms with E-state index in [-0.39, 0.29) is 24.5 Å². The van der Waals surface area contributed by atoms with Crippen LogP contribution in [0.3, 0.4) is 0 Å². The third-order valence-electron chi connectivity index (χ3n) is 4.35. The molecule has 1 aliphatic rings. The molecule has 3 N–H and O–H groups in total. The van der Waals surface area contributed by atoms with Gasteiger partial charge in [0.15, 0.2) is 11.5 Å². The van der Waals surface area contributed by atoms with Gasteiger partial charge in [-0.15, -0.1) is 0 Å². The first-order valence-electron chi connectivity index (χ1n) is 8.50. The van der Waals surface area contributed by atoms with Crippen LogP contribution in [0.25, 0.3) is 0 Å². The molecular weight excluding hydrogens is 308 g/mol. The molecule has 2 rings (SSSR count). The summed E-state index contributed by atoms with van der Waals surface area (Å²) in [6.45, 7) is 0.707. The number of benzene rings is 1. The third kappa shape index (κ3) is 5.11. The summed E-state index contributed by atoms with van der Waals surface area (Å²) in [6, 6.07) is 5.73. The zero-order chi connectivity index (χ0) is 17.4. The van der Waals surface area contributed by atoms with E-state index in [4.69, 9.17) is 19.9 Å². The highest BCUT2D eigenvalue weighted by Crippen LogP contribution is 2.34. The van der Waals surface area contributed by atoms with E-state index in [0.717, 1.165) is 24.2 Å². The smallest absolute Gasteiger partial charge is 0.222 e. The Balaban J connectivity index is 2.01. The molecule has 1 atom stereocenters. The van der Waals surface area contributed by atoms with Crippen molar-refractivity contribution in [1.29, 1.82) is 0 Å². The Kier molecular flexibility index (Phi) is 7.34. The van der Waals surface area contributed by atoms with Gasteiger partial charge in [-0.25, -0.2) is 0 Å². The van der Waals surface area contributed by atoms with Crippen molar-refractivity contribution < 1.29 is 19.0 Å². The maximum Gasteiger partial charge on any atom is 0.222 e. The molecule has 1 aliphatic carbocycles. The predicted octanol–water partition coefficient (Wildman–Crippen LogP) is 2.00. The summed E-state index contributed by atoms with van der Waals surface area (Å²) in [4.78, 5) is 12.0. The fourth-order valence-corrected chi connectivity index (χ4v) is 2.90. The summed E-state index contributed by atoms with van der Waals surface area (Å²) >= 11 is 0. The van der Waals surface area contributed by atoms with Gasteiger partial charge in [0.25, 0.3) is 0 Å². The monoisotopic (exact) mass is 336 g/mol. The summed E-state index contributed by atoms with van der Waals surface area (Å²) < 4.78 is 16.7. The SMILES string of the molecule is COc1cccc(CNC(=O)CC(CN)OC)c1OC1CCCC1. The molecule has 0 spiro atoms. The number of amides is 1. The van der Waals surface area contributed by atoms with E-state index >= 15 is 0 Å². The quantitative estimate of drug-likeness (QED) is 0.721. The maximum absolute atomic E-state index is 12.0. The van der Waals surface area contributed by atoms with Gasteiger partial charge in [0.2, 0.25) is 5.91 Å². The van der Waals surface area contributed by atoms with Crippen LogP contribution in [0.2, 0.25) is 0 Å². The minimum Gasteiger partial charge on any atom is -0.493 e. The number of hydrogen-bond donors (Lipinski definition) is 2. The maximum atomic E-state index is 12.0. The lowest BCUT2D eigenvalue weighted by Gasteiger charge is -2.19. The Morgan fingerprint density at radius 2 is 2.08 bits per heavy atom. The predicted molar refractivity (Wildman–Crippen MR) is 92.2 cm³/mol. The van der Waals surface area contributed by atoms with Crippen LogP contribution in [0.5, 0.6) is 11.5 Å². The molecule has 0 bridgehead atoms. The molecule has 0 radical (unpaired) electrons. The van der Waals surface area contributed by atoms with Crippen LogP contribution in [0, 0.1) is 0 Å². The molecule has 1 fully saturated rings. The Hall–Kier alpha value is -1.79. The lowest BCUT2D eigenvalue weighted by molar-refractivity contribution is -0.123. The fourth-order valence-electron chi connectivity index (χ4n) is 2.90. The number of carbonyl (C=O) groups is 1. The molecule has 1 unspecified atom stereocenters. The largest absolute Gasteiger partial charge is 0.493 e. The Morgan fingerprint density at radius 1 is 1.33 bits per heavy atom. The lowest BCUT2D eigenvalue weighted by atomic mass is 10.1. The van der Waals surface area contributed by atoms with Crippen molar-refractivity contribution in [1.82, 2.24) is 5.32 Å². The fraction of sp³-hybridized carbons (Fsp3) is 0.611. The number of rotatable bonds is 9. The summed E-state index contributed by atoms with van der Waals surface area (Å²) in [5, 5.41) is 2.90. The number of nitrogens with two attached hydrogens (primary N) is 1. The van der Waals surface area contributed by atoms with Gasteiger partial charge in [-0.3, -0.25) is 4.79 Å². The summed E-state index contributed by atoms with van der Waals surface area (Å²) in [5.74, 6) is 1.33. The Morgan fingerprint density at radius 3 is 2.71 bits per heavy atom. The molecule has 6 nitrogen and oxygen atoms in total. The van der Waals surface area contributed by atoms with Crippen LogP contribution in [0.1, 0.15) is 37.7 Å². The number of ether oxygens (including phenoxy) is 3. The summed E-state index contributed by atoms with van der Waals surface area (Å²) in [5.41, 5.74) is 6.46. The van der Waals surface area contributed by atoms with Crippen LogP contribution >= 0.6 is 0 Å². The number of methoxy groups -OCH3 is 2. The lowest BCUT2D eigenvalue weighted by Crippen LogP contribution is -2.32. The van der Waals surface area contributed by atoms with Crippen molar-refractivity contribution in [3.05, 3.63) is 23.8 Å². The highest BCUT2D eigenvalue weighted by Gasteiger charge is 2.21. The molecule has 24 heavy (non-hydrogen) atoms. The highest BCUT2D eigenvalue weighted by atomic mass is 16.5. The number of hydrogen-bond acceptors (Lipinski definition) is 5. The van der Waals surface area contributed by atoms with Crippen LogP contribution in [-0.4, -0.2) is 38.9 Å². The van der Waals surface area contributed by atoms with Crippen LogP contribution in [0.4, 0.5) is 0 Å². The van der Waals surface area contributed by atoms with Gasteiger partial charge < -0.3 is 25.3 Å². The van der Waals surface area contributed by atoms with E-state index in [0.29, 0.717) is 18.8 Å². The number of nitrogens with one attached hydrogen (secondary N) is 1. The first-order valence-corrected chi connectivity index (χ1v) is 8.50. The van der Waals surface area contributed by atoms with E-state index in [1.54, 1.807) is 14.2 Å². The Bertz CT molecular complexity index is 526. The van der Waals surface area contributed by atoms with Gasteiger partial charge in [-0.05, 0) is 31.7 Å². The second-order valence-electron chi connectivity index (χ2n) is 6.05. The second kappa shape index (κ2) is 9.49. The topological polar surface area (TPSA) is 82.8 Å². The second-order valence-corrected chi connectivity index (χ2v) is 6.05. The van der Waals surface area contributed by atoms with Gasteiger partial charge in [-0.2, -0.15) is 0 Å². The zero-order valence-electron chi connectivity index (χ0n) is 14.5. The molecule has 0 aliphatic heterocycles. The molecule has 0 aromatic heterocycles. The van der Waals surface area contributed by atoms with Crippen molar-refractivity contribution in [2.75, 3.05) is 20.8 Å². The van der Waals surface area contributed by atoms with Gasteiger partial charge in [0.05, 0.1) is 25.7 Å². The molecule has 6 heteroatoms. The van der Waals surface area contributed by atoms with Crippen LogP contribution < -0.4 is 20.5 Å². The van der Waals surface area contributed by atoms with E-state index in [1.165, 1.54) is 12.8 Å². The minimum absolute atomic E-state index is 0.0954. The van der Waals surface area contributed by atoms with Crippen molar-refractivity contribution in [2.45, 2.75) is 50.9 Å². The average molecular weight is 336 g/mol. The number of para-hydroxylation sites is 1. The van der Waals surface area contributed by atoms with Crippen molar-refractivity contribution in [3.8, 4) is 11.5 Å². The molecule has 1 amide bonds. The zero-order valence-corrected chi connectivity index (χ0v) is 14.5. The molecule has 134 valence electrons. The average Bonchev–Trinajstić information content (AvgIpc) is 3.11. The van der Waals surface area contributed by atoms with E-state index in [2.05, 4.69) is 5.32 Å². The van der Waals surface area contributed by atoms with E-state index < -0.39 is 0 Å². The van der Waals surface area contributed by atoms with Gasteiger partial charge in [0.1, 0.15) is 0 Å². The van der Waals surface area contributed by atoms with Crippen LogP contribution in [-0.2, 0) is 16.1 Å². The van der Waals surface area contributed by atoms with E-state index in [1.807, 2.05) is 18.2 Å². The highest BCUT2D eigenvalue weighted by molar-refractivity contribution is 5.76. The molecule has 0 saturated heterocycles. The normalized spacial score (nSPS) is 16.0. The van der Waals surface area contributed by atoms with Gasteiger partial charge in [0, 0.05) is 25.8 Å². The van der Waals surface area contributed by atoms with E-state index in [9.17, 15) is 4.79 Å². The van der Waals surface area contributed by atoms with Crippen molar-refractivity contribution in [2.24, 2.45) is 5.73 Å². The van der Waals surface area contributed by atoms with Crippen molar-refractivity contribution >= 4 is 5.91 Å². The van der Waals surface area contributed by atoms with Crippen molar-refractivity contribution in [3.63, 3.8) is 0 Å². The standard InChI is InChI=1S/C18H28N2O4/c1-22-15(11-19)10-17(21)20-12-13-6-5-9-16(23-2)18(13)24-14-7-3-4-8-14/h5-6,9,14-15H,3-4,7-8,10-12,19H2,1-2H3,(H,20,21). The molecule has 1 aromatic rings. The van der Waals surface area contributed by atoms with Gasteiger partial charge >= 0.3 is 0 Å². The Labute approximate surface area is 143 Å². The molecule has 1 saturated carbocycles. The first kappa shape index (κ1) is 18.5. The molecule has 0 heterocycles. The van der Waals surface area contributed by atoms with Crippen LogP contribution in [0.15, 0.2) is 18.2 Å². The summed E-state index contributed by atoms with van der Waals surface area (Å²) in [6.07, 6.45) is 4.74. The molecule has 1 aromatic carbocycles.